The van der Waals surface area contributed by atoms with Gasteiger partial charge in [0.1, 0.15) is 0 Å². The Kier molecular flexibility index (Phi) is 4.59. The third-order valence-electron chi connectivity index (χ3n) is 2.73. The van der Waals surface area contributed by atoms with Crippen LogP contribution in [0.25, 0.3) is 0 Å². The van der Waals surface area contributed by atoms with Crippen molar-refractivity contribution in [3.63, 3.8) is 0 Å². The molecule has 92 valence electrons. The molecule has 1 heterocycles. The zero-order valence-electron chi connectivity index (χ0n) is 9.17. The number of anilines is 1. The largest absolute Gasteiger partial charge is 0.360 e. The molecule has 0 aromatic carbocycles. The van der Waals surface area contributed by atoms with Gasteiger partial charge in [0.15, 0.2) is 10.9 Å². The molecule has 2 N–H and O–H groups in total. The number of thiocarbonyl (C=S) groups is 1. The minimum absolute atomic E-state index is 0.490. The normalized spacial score (nSPS) is 15.9. The van der Waals surface area contributed by atoms with E-state index >= 15 is 0 Å². The summed E-state index contributed by atoms with van der Waals surface area (Å²) in [6.07, 6.45) is 6.61. The van der Waals surface area contributed by atoms with Crippen molar-refractivity contribution in [2.45, 2.75) is 31.7 Å². The second-order valence-corrected chi connectivity index (χ2v) is 5.79. The van der Waals surface area contributed by atoms with Crippen LogP contribution in [0.4, 0.5) is 5.82 Å². The highest BCUT2D eigenvalue weighted by atomic mass is 79.9. The van der Waals surface area contributed by atoms with Crippen molar-refractivity contribution in [1.82, 2.24) is 10.3 Å². The monoisotopic (exact) mass is 333 g/mol. The molecule has 0 bridgehead atoms. The average Bonchev–Trinajstić information content (AvgIpc) is 2.75. The summed E-state index contributed by atoms with van der Waals surface area (Å²) in [5.74, 6) is 0.588. The van der Waals surface area contributed by atoms with E-state index in [1.807, 2.05) is 0 Å². The number of nitrogens with one attached hydrogen (secondary N) is 2. The molecule has 1 saturated carbocycles. The van der Waals surface area contributed by atoms with Crippen LogP contribution < -0.4 is 10.6 Å². The van der Waals surface area contributed by atoms with Gasteiger partial charge in [-0.1, -0.05) is 24.4 Å². The lowest BCUT2D eigenvalue weighted by Crippen LogP contribution is -2.36. The van der Waals surface area contributed by atoms with Gasteiger partial charge in [-0.05, 0) is 47.1 Å². The van der Waals surface area contributed by atoms with E-state index in [-0.39, 0.29) is 0 Å². The van der Waals surface area contributed by atoms with Crippen LogP contribution in [0.5, 0.6) is 0 Å². The van der Waals surface area contributed by atoms with E-state index in [9.17, 15) is 0 Å². The van der Waals surface area contributed by atoms with E-state index in [1.54, 1.807) is 12.3 Å². The lowest BCUT2D eigenvalue weighted by molar-refractivity contribution is 0.634. The third-order valence-corrected chi connectivity index (χ3v) is 3.67. The van der Waals surface area contributed by atoms with Crippen molar-refractivity contribution in [3.05, 3.63) is 21.8 Å². The SMILES string of the molecule is S=C(Nc1ncc(Br)cc1Cl)NC1CCCC1. The molecule has 0 atom stereocenters. The van der Waals surface area contributed by atoms with Crippen molar-refractivity contribution in [2.24, 2.45) is 0 Å². The standard InChI is InChI=1S/C11H13BrClN3S/c12-7-5-9(13)10(14-6-7)16-11(17)15-8-3-1-2-4-8/h5-6,8H,1-4H2,(H2,14,15,16,17). The molecular formula is C11H13BrClN3S. The minimum atomic E-state index is 0.490. The Morgan fingerprint density at radius 3 is 2.82 bits per heavy atom. The summed E-state index contributed by atoms with van der Waals surface area (Å²) in [6, 6.07) is 2.28. The summed E-state index contributed by atoms with van der Waals surface area (Å²) in [5.41, 5.74) is 0. The summed E-state index contributed by atoms with van der Waals surface area (Å²) in [7, 11) is 0. The number of hydrogen-bond donors (Lipinski definition) is 2. The minimum Gasteiger partial charge on any atom is -0.360 e. The molecular weight excluding hydrogens is 322 g/mol. The number of rotatable bonds is 2. The van der Waals surface area contributed by atoms with Gasteiger partial charge in [0.2, 0.25) is 0 Å². The fraction of sp³-hybridized carbons (Fsp3) is 0.455. The summed E-state index contributed by atoms with van der Waals surface area (Å²) >= 11 is 14.6. The van der Waals surface area contributed by atoms with Crippen molar-refractivity contribution >= 4 is 50.7 Å². The Hall–Kier alpha value is -0.390. The summed E-state index contributed by atoms with van der Waals surface area (Å²) in [6.45, 7) is 0. The molecule has 1 aliphatic carbocycles. The van der Waals surface area contributed by atoms with Crippen LogP contribution in [0.15, 0.2) is 16.7 Å². The van der Waals surface area contributed by atoms with E-state index < -0.39 is 0 Å². The molecule has 1 aromatic heterocycles. The molecule has 1 aliphatic rings. The topological polar surface area (TPSA) is 37.0 Å². The summed E-state index contributed by atoms with van der Waals surface area (Å²) < 4.78 is 0.850. The molecule has 1 fully saturated rings. The molecule has 0 unspecified atom stereocenters. The van der Waals surface area contributed by atoms with Crippen LogP contribution >= 0.6 is 39.7 Å². The zero-order valence-corrected chi connectivity index (χ0v) is 12.3. The quantitative estimate of drug-likeness (QED) is 0.808. The maximum Gasteiger partial charge on any atom is 0.172 e. The van der Waals surface area contributed by atoms with Gasteiger partial charge in [-0.3, -0.25) is 0 Å². The number of aromatic nitrogens is 1. The molecule has 3 nitrogen and oxygen atoms in total. The predicted octanol–water partition coefficient (Wildman–Crippen LogP) is 3.73. The van der Waals surface area contributed by atoms with Gasteiger partial charge >= 0.3 is 0 Å². The zero-order chi connectivity index (χ0) is 12.3. The molecule has 6 heteroatoms. The Morgan fingerprint density at radius 2 is 2.18 bits per heavy atom. The number of pyridine rings is 1. The first-order valence-electron chi connectivity index (χ1n) is 5.54. The smallest absolute Gasteiger partial charge is 0.172 e. The fourth-order valence-electron chi connectivity index (χ4n) is 1.91. The average molecular weight is 335 g/mol. The molecule has 0 aliphatic heterocycles. The third kappa shape index (κ3) is 3.79. The van der Waals surface area contributed by atoms with E-state index in [0.717, 1.165) is 4.47 Å². The maximum atomic E-state index is 6.05. The highest BCUT2D eigenvalue weighted by Gasteiger charge is 2.16. The van der Waals surface area contributed by atoms with E-state index in [0.29, 0.717) is 22.0 Å². The van der Waals surface area contributed by atoms with Crippen LogP contribution in [0.1, 0.15) is 25.7 Å². The van der Waals surface area contributed by atoms with E-state index in [1.165, 1.54) is 25.7 Å². The highest BCUT2D eigenvalue weighted by molar-refractivity contribution is 9.10. The summed E-state index contributed by atoms with van der Waals surface area (Å²) in [4.78, 5) is 4.17. The van der Waals surface area contributed by atoms with Gasteiger partial charge in [-0.15, -0.1) is 0 Å². The van der Waals surface area contributed by atoms with Crippen LogP contribution in [-0.2, 0) is 0 Å². The van der Waals surface area contributed by atoms with E-state index in [4.69, 9.17) is 23.8 Å². The molecule has 1 aromatic rings. The first-order chi connectivity index (χ1) is 8.15. The van der Waals surface area contributed by atoms with Crippen LogP contribution in [0.2, 0.25) is 5.02 Å². The van der Waals surface area contributed by atoms with Crippen molar-refractivity contribution in [3.8, 4) is 0 Å². The maximum absolute atomic E-state index is 6.05. The van der Waals surface area contributed by atoms with Crippen molar-refractivity contribution in [2.75, 3.05) is 5.32 Å². The molecule has 17 heavy (non-hydrogen) atoms. The molecule has 0 amide bonds. The first-order valence-corrected chi connectivity index (χ1v) is 7.11. The van der Waals surface area contributed by atoms with Gasteiger partial charge < -0.3 is 10.6 Å². The van der Waals surface area contributed by atoms with Crippen LogP contribution in [0.3, 0.4) is 0 Å². The van der Waals surface area contributed by atoms with Gasteiger partial charge in [0.25, 0.3) is 0 Å². The Bertz CT molecular complexity index is 421. The van der Waals surface area contributed by atoms with Gasteiger partial charge in [-0.25, -0.2) is 4.98 Å². The molecule has 2 rings (SSSR count). The predicted molar refractivity (Wildman–Crippen MR) is 78.6 cm³/mol. The fourth-order valence-corrected chi connectivity index (χ4v) is 2.85. The second-order valence-electron chi connectivity index (χ2n) is 4.06. The first kappa shape index (κ1) is 13.1. The van der Waals surface area contributed by atoms with Crippen LogP contribution in [0, 0.1) is 0 Å². The second kappa shape index (κ2) is 5.98. The Morgan fingerprint density at radius 1 is 1.47 bits per heavy atom. The Labute approximate surface area is 119 Å². The number of halogens is 2. The molecule has 0 spiro atoms. The number of hydrogen-bond acceptors (Lipinski definition) is 2. The lowest BCUT2D eigenvalue weighted by Gasteiger charge is -2.15. The molecule has 0 radical (unpaired) electrons. The van der Waals surface area contributed by atoms with Gasteiger partial charge in [0.05, 0.1) is 5.02 Å². The van der Waals surface area contributed by atoms with Crippen molar-refractivity contribution in [1.29, 1.82) is 0 Å². The highest BCUT2D eigenvalue weighted by Crippen LogP contribution is 2.23. The van der Waals surface area contributed by atoms with Gasteiger partial charge in [0, 0.05) is 16.7 Å². The lowest BCUT2D eigenvalue weighted by atomic mass is 10.3. The van der Waals surface area contributed by atoms with Crippen molar-refractivity contribution < 1.29 is 0 Å². The number of nitrogens with zero attached hydrogens (tertiary/aromatic N) is 1. The van der Waals surface area contributed by atoms with Gasteiger partial charge in [-0.2, -0.15) is 0 Å². The van der Waals surface area contributed by atoms with E-state index in [2.05, 4.69) is 31.5 Å². The molecule has 0 saturated heterocycles. The van der Waals surface area contributed by atoms with Crippen LogP contribution in [-0.4, -0.2) is 16.1 Å². The summed E-state index contributed by atoms with van der Waals surface area (Å²) in [5, 5.41) is 7.44. The Balaban J connectivity index is 1.93.